The third kappa shape index (κ3) is 2.68. The van der Waals surface area contributed by atoms with Gasteiger partial charge in [0.25, 0.3) is 0 Å². The summed E-state index contributed by atoms with van der Waals surface area (Å²) in [5, 5.41) is 8.71. The quantitative estimate of drug-likeness (QED) is 0.783. The minimum absolute atomic E-state index is 0.219. The average molecular weight is 385 g/mol. The summed E-state index contributed by atoms with van der Waals surface area (Å²) in [6.45, 7) is 2.18. The summed E-state index contributed by atoms with van der Waals surface area (Å²) in [6.07, 6.45) is 4.73. The molecule has 0 atom stereocenters. The van der Waals surface area contributed by atoms with Gasteiger partial charge in [0, 0.05) is 25.6 Å². The van der Waals surface area contributed by atoms with Crippen LogP contribution < -0.4 is 0 Å². The molecule has 4 heterocycles. The molecule has 1 aliphatic carbocycles. The van der Waals surface area contributed by atoms with Gasteiger partial charge in [-0.15, -0.1) is 10.2 Å². The molecule has 28 heavy (non-hydrogen) atoms. The number of carbonyl (C=O) groups is 2. The number of nitrogens with zero attached hydrogens (tertiary/aromatic N) is 5. The van der Waals surface area contributed by atoms with Crippen molar-refractivity contribution in [3.63, 3.8) is 0 Å². The van der Waals surface area contributed by atoms with Crippen LogP contribution in [-0.4, -0.2) is 63.3 Å². The molecule has 148 valence electrons. The average Bonchev–Trinajstić information content (AvgIpc) is 3.24. The van der Waals surface area contributed by atoms with E-state index in [1.165, 1.54) is 7.11 Å². The van der Waals surface area contributed by atoms with E-state index in [1.807, 2.05) is 17.0 Å². The molecule has 3 aliphatic rings. The van der Waals surface area contributed by atoms with E-state index in [-0.39, 0.29) is 23.5 Å². The lowest BCUT2D eigenvalue weighted by molar-refractivity contribution is -0.135. The normalized spacial score (nSPS) is 20.9. The maximum atomic E-state index is 12.5. The Hall–Kier alpha value is -2.84. The summed E-state index contributed by atoms with van der Waals surface area (Å²) in [5.74, 6) is 2.53. The molecule has 1 saturated heterocycles. The molecule has 1 saturated carbocycles. The summed E-state index contributed by atoms with van der Waals surface area (Å²) < 4.78 is 12.7. The molecule has 0 aromatic carbocycles. The second kappa shape index (κ2) is 6.35. The van der Waals surface area contributed by atoms with Crippen molar-refractivity contribution in [1.82, 2.24) is 24.6 Å². The van der Waals surface area contributed by atoms with E-state index in [0.717, 1.165) is 25.7 Å². The summed E-state index contributed by atoms with van der Waals surface area (Å²) in [7, 11) is 1.39. The molecule has 2 aliphatic heterocycles. The topological polar surface area (TPSA) is 93.7 Å². The molecule has 2 aromatic rings. The Labute approximate surface area is 162 Å². The van der Waals surface area contributed by atoms with E-state index in [2.05, 4.69) is 14.8 Å². The Balaban J connectivity index is 1.50. The van der Waals surface area contributed by atoms with Crippen LogP contribution in [0.25, 0.3) is 11.6 Å². The van der Waals surface area contributed by atoms with E-state index < -0.39 is 0 Å². The number of carbonyl (C=O) groups excluding carboxylic acids is 2. The Morgan fingerprint density at radius 2 is 2.00 bits per heavy atom. The number of furan rings is 1. The Morgan fingerprint density at radius 1 is 1.21 bits per heavy atom. The third-order valence-corrected chi connectivity index (χ3v) is 6.13. The molecule has 9 nitrogen and oxygen atoms in total. The highest BCUT2D eigenvalue weighted by Crippen LogP contribution is 2.41. The fourth-order valence-corrected chi connectivity index (χ4v) is 4.51. The van der Waals surface area contributed by atoms with Crippen molar-refractivity contribution < 1.29 is 18.7 Å². The molecule has 0 bridgehead atoms. The first kappa shape index (κ1) is 17.3. The second-order valence-corrected chi connectivity index (χ2v) is 7.90. The van der Waals surface area contributed by atoms with Crippen LogP contribution in [0.15, 0.2) is 22.8 Å². The zero-order valence-electron chi connectivity index (χ0n) is 15.8. The van der Waals surface area contributed by atoms with Crippen molar-refractivity contribution in [3.8, 4) is 11.6 Å². The van der Waals surface area contributed by atoms with Crippen LogP contribution in [0.2, 0.25) is 0 Å². The van der Waals surface area contributed by atoms with Crippen LogP contribution in [-0.2, 0) is 21.6 Å². The highest BCUT2D eigenvalue weighted by molar-refractivity contribution is 5.81. The van der Waals surface area contributed by atoms with Crippen molar-refractivity contribution in [2.75, 3.05) is 26.7 Å². The largest absolute Gasteiger partial charge is 0.461 e. The lowest BCUT2D eigenvalue weighted by atomic mass is 9.84. The molecule has 0 unspecified atom stereocenters. The standard InChI is InChI=1S/C19H23N5O4/c1-27-18(26)23-11-15-20-21-16(14-3-2-10-28-14)24(15)19(12-23)6-8-22(9-7-19)17(25)13-4-5-13/h2-3,10,13H,4-9,11-12H2,1H3. The molecular formula is C19H23N5O4. The molecule has 0 radical (unpaired) electrons. The van der Waals surface area contributed by atoms with Gasteiger partial charge in [-0.2, -0.15) is 0 Å². The first-order chi connectivity index (χ1) is 13.6. The van der Waals surface area contributed by atoms with Gasteiger partial charge in [-0.25, -0.2) is 4.79 Å². The Kier molecular flexibility index (Phi) is 3.92. The van der Waals surface area contributed by atoms with Crippen LogP contribution in [0.5, 0.6) is 0 Å². The fourth-order valence-electron chi connectivity index (χ4n) is 4.51. The van der Waals surface area contributed by atoms with E-state index in [9.17, 15) is 9.59 Å². The van der Waals surface area contributed by atoms with Crippen molar-refractivity contribution in [3.05, 3.63) is 24.2 Å². The van der Waals surface area contributed by atoms with Gasteiger partial charge in [0.1, 0.15) is 0 Å². The van der Waals surface area contributed by atoms with Crippen LogP contribution >= 0.6 is 0 Å². The molecule has 2 fully saturated rings. The molecular weight excluding hydrogens is 362 g/mol. The number of likely N-dealkylation sites (tertiary alicyclic amines) is 1. The molecule has 5 rings (SSSR count). The summed E-state index contributed by atoms with van der Waals surface area (Å²) in [6, 6.07) is 3.69. The van der Waals surface area contributed by atoms with E-state index >= 15 is 0 Å². The monoisotopic (exact) mass is 385 g/mol. The smallest absolute Gasteiger partial charge is 0.409 e. The zero-order chi connectivity index (χ0) is 19.3. The summed E-state index contributed by atoms with van der Waals surface area (Å²) >= 11 is 0. The molecule has 1 spiro atoms. The number of methoxy groups -OCH3 is 1. The predicted molar refractivity (Wildman–Crippen MR) is 97.1 cm³/mol. The van der Waals surface area contributed by atoms with Gasteiger partial charge in [-0.3, -0.25) is 14.3 Å². The van der Waals surface area contributed by atoms with E-state index in [0.29, 0.717) is 43.6 Å². The number of piperidine rings is 1. The van der Waals surface area contributed by atoms with Crippen molar-refractivity contribution in [2.45, 2.75) is 37.8 Å². The number of hydrogen-bond donors (Lipinski definition) is 0. The molecule has 9 heteroatoms. The number of fused-ring (bicyclic) bond motifs is 2. The first-order valence-electron chi connectivity index (χ1n) is 9.72. The second-order valence-electron chi connectivity index (χ2n) is 7.90. The summed E-state index contributed by atoms with van der Waals surface area (Å²) in [5.41, 5.74) is -0.381. The van der Waals surface area contributed by atoms with E-state index in [4.69, 9.17) is 9.15 Å². The number of amides is 2. The van der Waals surface area contributed by atoms with Crippen LogP contribution in [0.1, 0.15) is 31.5 Å². The third-order valence-electron chi connectivity index (χ3n) is 6.13. The van der Waals surface area contributed by atoms with E-state index in [1.54, 1.807) is 11.2 Å². The SMILES string of the molecule is COC(=O)N1Cc2nnc(-c3ccco3)n2C2(CCN(C(=O)C3CC3)CC2)C1. The minimum Gasteiger partial charge on any atom is -0.461 e. The maximum absolute atomic E-state index is 12.5. The van der Waals surface area contributed by atoms with Crippen molar-refractivity contribution in [2.24, 2.45) is 5.92 Å². The first-order valence-corrected chi connectivity index (χ1v) is 9.72. The molecule has 2 amide bonds. The zero-order valence-corrected chi connectivity index (χ0v) is 15.8. The number of hydrogen-bond acceptors (Lipinski definition) is 6. The summed E-state index contributed by atoms with van der Waals surface area (Å²) in [4.78, 5) is 28.4. The van der Waals surface area contributed by atoms with Gasteiger partial charge in [0.2, 0.25) is 5.91 Å². The molecule has 2 aromatic heterocycles. The minimum atomic E-state index is -0.381. The fraction of sp³-hybridized carbons (Fsp3) is 0.579. The van der Waals surface area contributed by atoms with Gasteiger partial charge in [0.05, 0.1) is 25.5 Å². The van der Waals surface area contributed by atoms with Gasteiger partial charge >= 0.3 is 6.09 Å². The Morgan fingerprint density at radius 3 is 2.64 bits per heavy atom. The predicted octanol–water partition coefficient (Wildman–Crippen LogP) is 1.85. The lowest BCUT2D eigenvalue weighted by Gasteiger charge is -2.48. The van der Waals surface area contributed by atoms with Gasteiger partial charge in [-0.05, 0) is 37.8 Å². The van der Waals surface area contributed by atoms with Crippen molar-refractivity contribution in [1.29, 1.82) is 0 Å². The molecule has 0 N–H and O–H groups in total. The number of ether oxygens (including phenoxy) is 1. The van der Waals surface area contributed by atoms with Gasteiger partial charge in [-0.1, -0.05) is 0 Å². The van der Waals surface area contributed by atoms with Gasteiger partial charge in [0.15, 0.2) is 17.4 Å². The van der Waals surface area contributed by atoms with Crippen LogP contribution in [0.3, 0.4) is 0 Å². The highest BCUT2D eigenvalue weighted by atomic mass is 16.5. The van der Waals surface area contributed by atoms with Crippen LogP contribution in [0, 0.1) is 5.92 Å². The maximum Gasteiger partial charge on any atom is 0.409 e. The number of rotatable bonds is 2. The van der Waals surface area contributed by atoms with Crippen molar-refractivity contribution >= 4 is 12.0 Å². The van der Waals surface area contributed by atoms with Crippen LogP contribution in [0.4, 0.5) is 4.79 Å². The Bertz CT molecular complexity index is 894. The number of aromatic nitrogens is 3. The lowest BCUT2D eigenvalue weighted by Crippen LogP contribution is -2.57. The highest BCUT2D eigenvalue weighted by Gasteiger charge is 2.47. The van der Waals surface area contributed by atoms with Gasteiger partial charge < -0.3 is 14.1 Å².